The first-order valence-electron chi connectivity index (χ1n) is 7.57. The summed E-state index contributed by atoms with van der Waals surface area (Å²) in [6.07, 6.45) is 0. The number of aromatic nitrogens is 4. The Morgan fingerprint density at radius 1 is 1.24 bits per heavy atom. The monoisotopic (exact) mass is 378 g/mol. The zero-order chi connectivity index (χ0) is 17.9. The second-order valence-corrected chi connectivity index (χ2v) is 8.65. The highest BCUT2D eigenvalue weighted by Gasteiger charge is 2.21. The van der Waals surface area contributed by atoms with Crippen LogP contribution in [0.25, 0.3) is 5.69 Å². The molecule has 3 rings (SSSR count). The molecule has 0 aliphatic heterocycles. The van der Waals surface area contributed by atoms with Crippen LogP contribution in [-0.2, 0) is 10.0 Å². The maximum absolute atomic E-state index is 12.4. The van der Waals surface area contributed by atoms with Gasteiger partial charge in [-0.25, -0.2) is 8.42 Å². The molecule has 0 amide bonds. The Morgan fingerprint density at radius 2 is 2.00 bits per heavy atom. The summed E-state index contributed by atoms with van der Waals surface area (Å²) in [5.41, 5.74) is 1.98. The minimum atomic E-state index is -3.45. The van der Waals surface area contributed by atoms with Gasteiger partial charge in [0.1, 0.15) is 4.21 Å². The molecule has 25 heavy (non-hydrogen) atoms. The average molecular weight is 378 g/mol. The lowest BCUT2D eigenvalue weighted by Crippen LogP contribution is -2.31. The van der Waals surface area contributed by atoms with Crippen LogP contribution in [0, 0.1) is 6.92 Å². The number of nitrogens with one attached hydrogen (secondary N) is 1. The van der Waals surface area contributed by atoms with E-state index in [-0.39, 0.29) is 0 Å². The fourth-order valence-electron chi connectivity index (χ4n) is 2.17. The van der Waals surface area contributed by atoms with Crippen molar-refractivity contribution in [2.24, 2.45) is 0 Å². The number of thiophene rings is 1. The summed E-state index contributed by atoms with van der Waals surface area (Å²) >= 11 is 1.20. The molecule has 0 atom stereocenters. The Bertz CT molecular complexity index is 919. The van der Waals surface area contributed by atoms with Gasteiger partial charge in [0.25, 0.3) is 10.0 Å². The van der Waals surface area contributed by atoms with Crippen LogP contribution in [0.2, 0.25) is 0 Å². The van der Waals surface area contributed by atoms with Gasteiger partial charge < -0.3 is 5.32 Å². The Balaban J connectivity index is 1.63. The van der Waals surface area contributed by atoms with E-state index in [0.717, 1.165) is 11.3 Å². The summed E-state index contributed by atoms with van der Waals surface area (Å²) in [7, 11) is -1.90. The number of sulfonamides is 1. The van der Waals surface area contributed by atoms with Crippen LogP contribution in [0.1, 0.15) is 5.56 Å². The van der Waals surface area contributed by atoms with E-state index in [0.29, 0.717) is 23.2 Å². The van der Waals surface area contributed by atoms with Gasteiger partial charge in [-0.3, -0.25) is 0 Å². The van der Waals surface area contributed by atoms with Crippen molar-refractivity contribution in [2.45, 2.75) is 11.1 Å². The lowest BCUT2D eigenvalue weighted by molar-refractivity contribution is 0.482. The largest absolute Gasteiger partial charge is 0.351 e. The molecule has 1 aromatic carbocycles. The summed E-state index contributed by atoms with van der Waals surface area (Å²) in [4.78, 5) is 0. The van der Waals surface area contributed by atoms with E-state index < -0.39 is 10.0 Å². The van der Waals surface area contributed by atoms with Crippen molar-refractivity contribution < 1.29 is 8.42 Å². The molecule has 2 heterocycles. The fraction of sp³-hybridized carbons (Fsp3) is 0.267. The van der Waals surface area contributed by atoms with Gasteiger partial charge >= 0.3 is 0 Å². The van der Waals surface area contributed by atoms with Crippen molar-refractivity contribution in [3.63, 3.8) is 0 Å². The summed E-state index contributed by atoms with van der Waals surface area (Å²) in [5.74, 6) is 0.464. The Kier molecular flexibility index (Phi) is 5.11. The molecule has 0 radical (unpaired) electrons. The highest BCUT2D eigenvalue weighted by molar-refractivity contribution is 7.91. The number of tetrazole rings is 1. The number of likely N-dealkylation sites (N-methyl/N-ethyl adjacent to an activating group) is 1. The Labute approximate surface area is 150 Å². The summed E-state index contributed by atoms with van der Waals surface area (Å²) in [6, 6.07) is 11.1. The Morgan fingerprint density at radius 3 is 2.68 bits per heavy atom. The molecular weight excluding hydrogens is 360 g/mol. The highest BCUT2D eigenvalue weighted by Crippen LogP contribution is 2.19. The molecule has 0 aliphatic rings. The lowest BCUT2D eigenvalue weighted by Gasteiger charge is -2.16. The number of hydrogen-bond donors (Lipinski definition) is 1. The summed E-state index contributed by atoms with van der Waals surface area (Å²) < 4.78 is 28.0. The third kappa shape index (κ3) is 3.86. The van der Waals surface area contributed by atoms with Gasteiger partial charge in [0.2, 0.25) is 5.95 Å². The maximum atomic E-state index is 12.4. The van der Waals surface area contributed by atoms with Crippen LogP contribution in [0.4, 0.5) is 5.95 Å². The molecule has 132 valence electrons. The number of benzene rings is 1. The first-order chi connectivity index (χ1) is 12.0. The zero-order valence-corrected chi connectivity index (χ0v) is 15.5. The standard InChI is InChI=1S/C15H18N6O2S2/c1-12-5-7-13(8-6-12)21-15(17-18-19-21)16-9-10-20(2)25(22,23)14-4-3-11-24-14/h3-8,11H,9-10H2,1-2H3,(H,16,17,19). The fourth-order valence-corrected chi connectivity index (χ4v) is 4.54. The molecule has 0 saturated heterocycles. The number of nitrogens with zero attached hydrogens (tertiary/aromatic N) is 5. The highest BCUT2D eigenvalue weighted by atomic mass is 32.2. The molecule has 0 aliphatic carbocycles. The van der Waals surface area contributed by atoms with Crippen LogP contribution in [0.15, 0.2) is 46.0 Å². The normalized spacial score (nSPS) is 11.8. The van der Waals surface area contributed by atoms with Crippen LogP contribution in [-0.4, -0.2) is 53.1 Å². The van der Waals surface area contributed by atoms with E-state index in [4.69, 9.17) is 0 Å². The molecule has 1 N–H and O–H groups in total. The summed E-state index contributed by atoms with van der Waals surface area (Å²) in [6.45, 7) is 2.68. The summed E-state index contributed by atoms with van der Waals surface area (Å²) in [5, 5.41) is 16.4. The molecule has 2 aromatic heterocycles. The Hall–Kier alpha value is -2.30. The van der Waals surface area contributed by atoms with Crippen molar-refractivity contribution in [3.05, 3.63) is 47.3 Å². The second-order valence-electron chi connectivity index (χ2n) is 5.44. The minimum Gasteiger partial charge on any atom is -0.351 e. The van der Waals surface area contributed by atoms with Crippen LogP contribution in [0.3, 0.4) is 0 Å². The van der Waals surface area contributed by atoms with Gasteiger partial charge in [-0.15, -0.1) is 11.3 Å². The van der Waals surface area contributed by atoms with Gasteiger partial charge in [-0.2, -0.15) is 8.99 Å². The minimum absolute atomic E-state index is 0.293. The predicted octanol–water partition coefficient (Wildman–Crippen LogP) is 1.76. The molecule has 8 nitrogen and oxygen atoms in total. The zero-order valence-electron chi connectivity index (χ0n) is 13.8. The quantitative estimate of drug-likeness (QED) is 0.673. The first kappa shape index (κ1) is 17.5. The van der Waals surface area contributed by atoms with E-state index in [1.54, 1.807) is 29.2 Å². The van der Waals surface area contributed by atoms with Crippen LogP contribution < -0.4 is 5.32 Å². The average Bonchev–Trinajstić information content (AvgIpc) is 3.27. The van der Waals surface area contributed by atoms with E-state index >= 15 is 0 Å². The van der Waals surface area contributed by atoms with Crippen molar-refractivity contribution >= 4 is 27.3 Å². The topological polar surface area (TPSA) is 93.0 Å². The predicted molar refractivity (Wildman–Crippen MR) is 96.5 cm³/mol. The number of anilines is 1. The van der Waals surface area contributed by atoms with Gasteiger partial charge in [0.05, 0.1) is 5.69 Å². The molecule has 0 fully saturated rings. The molecular formula is C15H18N6O2S2. The third-order valence-electron chi connectivity index (χ3n) is 3.62. The van der Waals surface area contributed by atoms with Crippen molar-refractivity contribution in [1.29, 1.82) is 0 Å². The van der Waals surface area contributed by atoms with E-state index in [1.165, 1.54) is 15.6 Å². The number of rotatable bonds is 7. The SMILES string of the molecule is Cc1ccc(-n2nnnc2NCCN(C)S(=O)(=O)c2cccs2)cc1. The van der Waals surface area contributed by atoms with Gasteiger partial charge in [0.15, 0.2) is 0 Å². The van der Waals surface area contributed by atoms with Gasteiger partial charge in [0, 0.05) is 20.1 Å². The van der Waals surface area contributed by atoms with Crippen molar-refractivity contribution in [1.82, 2.24) is 24.5 Å². The van der Waals surface area contributed by atoms with E-state index in [1.807, 2.05) is 31.2 Å². The molecule has 0 spiro atoms. The van der Waals surface area contributed by atoms with Crippen molar-refractivity contribution in [2.75, 3.05) is 25.5 Å². The number of aryl methyl sites for hydroxylation is 1. The second kappa shape index (κ2) is 7.30. The maximum Gasteiger partial charge on any atom is 0.252 e. The van der Waals surface area contributed by atoms with E-state index in [2.05, 4.69) is 20.8 Å². The molecule has 0 unspecified atom stereocenters. The van der Waals surface area contributed by atoms with Crippen LogP contribution >= 0.6 is 11.3 Å². The van der Waals surface area contributed by atoms with Crippen molar-refractivity contribution in [3.8, 4) is 5.69 Å². The first-order valence-corrected chi connectivity index (χ1v) is 9.89. The molecule has 0 bridgehead atoms. The molecule has 10 heteroatoms. The lowest BCUT2D eigenvalue weighted by atomic mass is 10.2. The smallest absolute Gasteiger partial charge is 0.252 e. The molecule has 3 aromatic rings. The van der Waals surface area contributed by atoms with E-state index in [9.17, 15) is 8.42 Å². The third-order valence-corrected chi connectivity index (χ3v) is 6.85. The van der Waals surface area contributed by atoms with Crippen LogP contribution in [0.5, 0.6) is 0 Å². The molecule has 0 saturated carbocycles. The van der Waals surface area contributed by atoms with Gasteiger partial charge in [-0.1, -0.05) is 28.9 Å². The number of hydrogen-bond acceptors (Lipinski definition) is 7. The van der Waals surface area contributed by atoms with Gasteiger partial charge in [-0.05, 0) is 40.9 Å².